The summed E-state index contributed by atoms with van der Waals surface area (Å²) in [6.07, 6.45) is 34.4. The second-order valence-corrected chi connectivity index (χ2v) is 43.5. The molecular weight excluding hydrogens is 2090 g/mol. The molecule has 21 nitrogen and oxygen atoms in total. The molecule has 0 aliphatic rings. The maximum atomic E-state index is 12.4. The van der Waals surface area contributed by atoms with Gasteiger partial charge in [-0.3, -0.25) is 67.1 Å². The van der Waals surface area contributed by atoms with Crippen molar-refractivity contribution in [1.82, 2.24) is 32.0 Å². The zero-order chi connectivity index (χ0) is 102. The second kappa shape index (κ2) is 69.7. The van der Waals surface area contributed by atoms with Gasteiger partial charge in [-0.2, -0.15) is 0 Å². The van der Waals surface area contributed by atoms with Crippen LogP contribution in [0.4, 0.5) is 0 Å². The summed E-state index contributed by atoms with van der Waals surface area (Å²) in [4.78, 5) is 168. The molecule has 0 N–H and O–H groups in total. The number of halogens is 2. The van der Waals surface area contributed by atoms with E-state index in [4.69, 9.17) is 11.6 Å². The van der Waals surface area contributed by atoms with Crippen molar-refractivity contribution in [3.8, 4) is 0 Å². The normalized spacial score (nSPS) is 10.5. The molecule has 808 valence electrons. The average molecular weight is 2250 g/mol. The first-order chi connectivity index (χ1) is 68.7. The number of benzene rings is 9. The van der Waals surface area contributed by atoms with Crippen LogP contribution in [0.2, 0.25) is 5.02 Å². The molecular formula is C119H157BrClN7O14S7. The number of carbonyl (C=O) groups is 7. The molecule has 0 radical (unpaired) electrons. The van der Waals surface area contributed by atoms with Crippen LogP contribution in [-0.4, -0.2) is 73.3 Å². The van der Waals surface area contributed by atoms with Gasteiger partial charge in [0.1, 0.15) is 0 Å². The Balaban J connectivity index is 0.000000443. The van der Waals surface area contributed by atoms with Crippen molar-refractivity contribution in [2.75, 3.05) is 0 Å². The number of rotatable bonds is 38. The van der Waals surface area contributed by atoms with Crippen molar-refractivity contribution in [2.24, 2.45) is 0 Å². The maximum Gasteiger partial charge on any atom is 0.314 e. The minimum Gasteiger partial charge on any atom is -0.274 e. The summed E-state index contributed by atoms with van der Waals surface area (Å²) in [6, 6.07) is 62.4. The van der Waals surface area contributed by atoms with E-state index in [0.29, 0.717) is 79.4 Å². The van der Waals surface area contributed by atoms with Gasteiger partial charge in [0.2, 0.25) is 41.4 Å². The molecule has 149 heavy (non-hydrogen) atoms. The zero-order valence-electron chi connectivity index (χ0n) is 82.5. The highest BCUT2D eigenvalue weighted by Crippen LogP contribution is 2.29. The van der Waals surface area contributed by atoms with Crippen LogP contribution in [0.15, 0.2) is 238 Å². The van der Waals surface area contributed by atoms with Crippen LogP contribution in [-0.2, 0) is 12.8 Å². The lowest BCUT2D eigenvalue weighted by Gasteiger charge is -2.05. The molecule has 16 rings (SSSR count). The number of aryl methyl sites for hydroxylation is 5. The average Bonchev–Trinajstić information content (AvgIpc) is 1.15. The third kappa shape index (κ3) is 39.5. The number of aromatic nitrogens is 7. The van der Waals surface area contributed by atoms with Crippen molar-refractivity contribution in [3.05, 3.63) is 305 Å². The third-order valence-corrected chi connectivity index (χ3v) is 31.2. The molecule has 0 spiro atoms. The molecule has 0 saturated carbocycles. The number of unbranched alkanes of at least 4 members (excludes halogenated alkanes) is 22. The molecule has 0 bridgehead atoms. The Morgan fingerprint density at radius 1 is 0.242 bits per heavy atom. The van der Waals surface area contributed by atoms with Crippen molar-refractivity contribution in [2.45, 2.75) is 339 Å². The second-order valence-electron chi connectivity index (χ2n) is 35.2. The Labute approximate surface area is 921 Å². The van der Waals surface area contributed by atoms with E-state index in [1.165, 1.54) is 139 Å². The molecule has 0 saturated heterocycles. The van der Waals surface area contributed by atoms with Crippen molar-refractivity contribution >= 4 is 220 Å². The zero-order valence-corrected chi connectivity index (χ0v) is 90.5. The van der Waals surface area contributed by atoms with Gasteiger partial charge in [0.15, 0.2) is 0 Å². The number of nitrogens with zero attached hydrogens (tertiary/aromatic N) is 7. The van der Waals surface area contributed by atoms with E-state index in [-0.39, 0.29) is 127 Å². The summed E-state index contributed by atoms with van der Waals surface area (Å²) in [6.45, 7) is 16.9. The predicted molar refractivity (Wildman–Crippen MR) is 647 cm³/mol. The van der Waals surface area contributed by atoms with Crippen LogP contribution < -0.4 is 34.1 Å². The largest absolute Gasteiger partial charge is 0.314 e. The van der Waals surface area contributed by atoms with Crippen LogP contribution >= 0.6 is 107 Å². The molecule has 0 amide bonds. The summed E-state index contributed by atoms with van der Waals surface area (Å²) in [7, 11) is 0. The van der Waals surface area contributed by atoms with E-state index < -0.39 is 0 Å². The van der Waals surface area contributed by atoms with E-state index in [2.05, 4.69) is 56.6 Å². The van der Waals surface area contributed by atoms with Crippen LogP contribution in [0.5, 0.6) is 0 Å². The minimum absolute atomic E-state index is 0. The van der Waals surface area contributed by atoms with E-state index >= 15 is 0 Å². The van der Waals surface area contributed by atoms with E-state index in [0.717, 1.165) is 233 Å². The highest BCUT2D eigenvalue weighted by atomic mass is 79.9. The fourth-order valence-electron chi connectivity index (χ4n) is 16.4. The Bertz CT molecular complexity index is 7250. The number of carbonyl (C=O) groups excluding carboxylic acids is 7. The maximum absolute atomic E-state index is 12.4. The molecule has 7 aromatic heterocycles. The summed E-state index contributed by atoms with van der Waals surface area (Å²) >= 11 is 17.2. The topological polar surface area (TPSA) is 273 Å². The Morgan fingerprint density at radius 3 is 0.839 bits per heavy atom. The summed E-state index contributed by atoms with van der Waals surface area (Å²) in [5, 5.41) is 0.543. The molecule has 30 heteroatoms. The van der Waals surface area contributed by atoms with Gasteiger partial charge in [0.05, 0.1) is 71.5 Å². The number of thiazole rings is 7. The van der Waals surface area contributed by atoms with Gasteiger partial charge < -0.3 is 0 Å². The molecule has 9 aromatic carbocycles. The van der Waals surface area contributed by atoms with Gasteiger partial charge in [-0.15, -0.1) is 0 Å². The highest BCUT2D eigenvalue weighted by molar-refractivity contribution is 9.10. The van der Waals surface area contributed by atoms with E-state index in [1.54, 1.807) is 18.2 Å². The first-order valence-electron chi connectivity index (χ1n) is 49.7. The summed E-state index contributed by atoms with van der Waals surface area (Å²) in [5.74, 6) is -0.688. The smallest absolute Gasteiger partial charge is 0.274 e. The first-order valence-corrected chi connectivity index (χ1v) is 56.6. The number of hydrogen-bond acceptors (Lipinski definition) is 21. The Hall–Kier alpha value is -10.7. The number of fused-ring (bicyclic) bond motifs is 7. The molecule has 0 aliphatic heterocycles. The lowest BCUT2D eigenvalue weighted by atomic mass is 10.0. The summed E-state index contributed by atoms with van der Waals surface area (Å²) in [5.41, 5.74) is 10.8. The van der Waals surface area contributed by atoms with E-state index in [9.17, 15) is 67.1 Å². The molecule has 16 aromatic rings. The van der Waals surface area contributed by atoms with E-state index in [1.807, 2.05) is 197 Å². The molecule has 0 atom stereocenters. The third-order valence-electron chi connectivity index (χ3n) is 24.1. The summed E-state index contributed by atoms with van der Waals surface area (Å²) < 4.78 is 16.2. The Kier molecular flexibility index (Phi) is 61.9. The fraction of sp³-hybridized carbons (Fsp3) is 0.429. The van der Waals surface area contributed by atoms with Gasteiger partial charge in [-0.25, -0.2) is 32.0 Å². The van der Waals surface area contributed by atoms with Gasteiger partial charge in [-0.05, 0) is 185 Å². The van der Waals surface area contributed by atoms with Crippen molar-refractivity contribution in [3.63, 3.8) is 0 Å². The molecule has 7 heterocycles. The Morgan fingerprint density at radius 2 is 0.503 bits per heavy atom. The fourth-order valence-corrected chi connectivity index (χ4v) is 23.4. The van der Waals surface area contributed by atoms with Crippen LogP contribution in [0, 0.1) is 20.8 Å². The molecule has 0 fully saturated rings. The van der Waals surface area contributed by atoms with Gasteiger partial charge >= 0.3 is 34.1 Å². The lowest BCUT2D eigenvalue weighted by molar-refractivity contribution is 0.0893. The van der Waals surface area contributed by atoms with Crippen LogP contribution in [0.1, 0.15) is 366 Å². The first kappa shape index (κ1) is 132. The monoisotopic (exact) mass is 2250 g/mol. The SMILES string of the molecule is C.C.C.C.C.C.C.CCCCCCCC(=O)n1c(=O)sc2cc(Br)ccc21.CCCCCCCC(=O)n1c(=O)sc2cc(C)ccc21.CCCCCCCC(=O)n1c(=O)sc2ccccc21.CCCCCCCCC(=O)n1c(=O)sc2ccc(Cl)cc21.CCCCCCCCC(=O)n1c(=O)sc2ccccc21.Cc1cccc(CCC(=O)n2c(=O)sc3ccccc32)c1.Cc1ccccc1CCC(=O)n1c(=O)sc2ccccc21. The van der Waals surface area contributed by atoms with Gasteiger partial charge in [0, 0.05) is 54.4 Å². The molecule has 0 aliphatic carbocycles. The van der Waals surface area contributed by atoms with Crippen molar-refractivity contribution in [1.29, 1.82) is 0 Å². The highest BCUT2D eigenvalue weighted by Gasteiger charge is 2.22. The van der Waals surface area contributed by atoms with Gasteiger partial charge in [-0.1, -0.05) is 443 Å². The van der Waals surface area contributed by atoms with Gasteiger partial charge in [0.25, 0.3) is 0 Å². The predicted octanol–water partition coefficient (Wildman–Crippen LogP) is 34.6. The number of hydrogen-bond donors (Lipinski definition) is 0. The molecule has 0 unspecified atom stereocenters. The van der Waals surface area contributed by atoms with Crippen LogP contribution in [0.25, 0.3) is 71.5 Å². The van der Waals surface area contributed by atoms with Crippen LogP contribution in [0.3, 0.4) is 0 Å². The number of para-hydroxylation sites is 4. The standard InChI is InChI=1S/2C17H15NO2S.C16H20ClNO2S.2C16H21NO2S.C15H18BrNO2S.C15H19NO2S.7CH4/c1-12-5-4-6-13(11-12)9-10-16(19)18-14-7-2-3-8-15(14)21-17(18)20;1-12-6-2-3-7-13(12)10-11-16(19)18-14-8-4-5-9-15(14)21-17(18)20;1-2-3-4-5-6-7-8-15(19)18-13-11-12(17)9-10-14(13)21-16(18)20;1-3-4-5-6-7-8-15(18)17-13-10-9-12(2)11-14(13)20-16(17)19;1-2-3-4-5-6-7-12-15(18)17-13-10-8-9-11-14(13)20-16(17)19;1-2-3-4-5-6-7-14(18)17-12-9-8-11(16)10-13(12)20-15(17)19;1-2-3-4-5-6-11-14(17)16-12-9-7-8-10-13(12)19-15(16)18;;;;;;;/h2-8,11H,9-10H2,1H3;2-9H,10-11H2,1H3;9-11H,2-8H2,1H3;9-11H,3-8H2,1-2H3;8-11H,2-7,12H2,1H3;8-10H,2-7H2,1H3;7-10H,2-6,11H2,1H3;7*1H4. The quantitative estimate of drug-likeness (QED) is 0.0326. The lowest BCUT2D eigenvalue weighted by Crippen LogP contribution is -2.21. The van der Waals surface area contributed by atoms with Crippen molar-refractivity contribution < 1.29 is 33.6 Å². The minimum atomic E-state index is -0.219.